The number of halogens is 1. The molecule has 0 radical (unpaired) electrons. The maximum atomic E-state index is 5.83. The van der Waals surface area contributed by atoms with Crippen molar-refractivity contribution in [3.8, 4) is 0 Å². The van der Waals surface area contributed by atoms with Crippen molar-refractivity contribution in [1.82, 2.24) is 4.98 Å². The van der Waals surface area contributed by atoms with Gasteiger partial charge in [-0.2, -0.15) is 0 Å². The molecule has 0 unspecified atom stereocenters. The van der Waals surface area contributed by atoms with Crippen molar-refractivity contribution < 1.29 is 5.73 Å². The maximum absolute atomic E-state index is 5.83. The van der Waals surface area contributed by atoms with E-state index in [1.807, 2.05) is 36.4 Å². The van der Waals surface area contributed by atoms with Crippen LogP contribution in [-0.2, 0) is 0 Å². The maximum Gasteiger partial charge on any atom is 0.136 e. The molecular formula is C12H12ClN2+. The standard InChI is InChI=1S/C12H11ClN2/c13-11-3-1-9(2-4-11)12(14)10-5-7-15-8-6-10/h1-8,12H,14H2/p+1/t12-/m1/s1. The Hall–Kier alpha value is -1.38. The van der Waals surface area contributed by atoms with E-state index in [-0.39, 0.29) is 6.04 Å². The molecule has 76 valence electrons. The molecular weight excluding hydrogens is 208 g/mol. The number of aromatic nitrogens is 1. The van der Waals surface area contributed by atoms with Crippen molar-refractivity contribution in [3.63, 3.8) is 0 Å². The Bertz CT molecular complexity index is 425. The number of nitrogens with zero attached hydrogens (tertiary/aromatic N) is 1. The van der Waals surface area contributed by atoms with Crippen LogP contribution in [0.1, 0.15) is 17.2 Å². The molecule has 1 atom stereocenters. The molecule has 0 aliphatic rings. The van der Waals surface area contributed by atoms with Crippen LogP contribution in [0, 0.1) is 0 Å². The summed E-state index contributed by atoms with van der Waals surface area (Å²) in [5.74, 6) is 0. The molecule has 0 spiro atoms. The highest BCUT2D eigenvalue weighted by atomic mass is 35.5. The SMILES string of the molecule is [NH3+][C@@H](c1ccncc1)c1ccc(Cl)cc1. The Morgan fingerprint density at radius 3 is 2.07 bits per heavy atom. The lowest BCUT2D eigenvalue weighted by Crippen LogP contribution is -2.53. The Morgan fingerprint density at radius 2 is 1.47 bits per heavy atom. The van der Waals surface area contributed by atoms with E-state index in [0.717, 1.165) is 16.1 Å². The van der Waals surface area contributed by atoms with E-state index in [0.29, 0.717) is 0 Å². The third-order valence-corrected chi connectivity index (χ3v) is 2.63. The minimum absolute atomic E-state index is 0.130. The number of hydrogen-bond donors (Lipinski definition) is 1. The molecule has 0 fully saturated rings. The summed E-state index contributed by atoms with van der Waals surface area (Å²) in [6.45, 7) is 0. The monoisotopic (exact) mass is 219 g/mol. The fourth-order valence-electron chi connectivity index (χ4n) is 1.48. The molecule has 3 N–H and O–H groups in total. The average molecular weight is 220 g/mol. The quantitative estimate of drug-likeness (QED) is 0.826. The van der Waals surface area contributed by atoms with E-state index in [9.17, 15) is 0 Å². The molecule has 1 aromatic heterocycles. The Labute approximate surface area is 93.7 Å². The summed E-state index contributed by atoms with van der Waals surface area (Å²) in [6, 6.07) is 11.9. The van der Waals surface area contributed by atoms with Gasteiger partial charge in [-0.3, -0.25) is 4.98 Å². The van der Waals surface area contributed by atoms with E-state index in [1.165, 1.54) is 0 Å². The molecule has 1 aromatic carbocycles. The average Bonchev–Trinajstić information content (AvgIpc) is 2.30. The molecule has 2 nitrogen and oxygen atoms in total. The van der Waals surface area contributed by atoms with Crippen LogP contribution in [-0.4, -0.2) is 4.98 Å². The van der Waals surface area contributed by atoms with E-state index in [2.05, 4.69) is 10.7 Å². The molecule has 0 aliphatic carbocycles. The van der Waals surface area contributed by atoms with Gasteiger partial charge < -0.3 is 5.73 Å². The molecule has 2 aromatic rings. The molecule has 3 heteroatoms. The molecule has 15 heavy (non-hydrogen) atoms. The fourth-order valence-corrected chi connectivity index (χ4v) is 1.61. The van der Waals surface area contributed by atoms with Crippen molar-refractivity contribution in [2.45, 2.75) is 6.04 Å². The minimum Gasteiger partial charge on any atom is -0.348 e. The van der Waals surface area contributed by atoms with Gasteiger partial charge in [-0.05, 0) is 24.3 Å². The van der Waals surface area contributed by atoms with Crippen LogP contribution in [0.4, 0.5) is 0 Å². The van der Waals surface area contributed by atoms with Crippen LogP contribution in [0.15, 0.2) is 48.8 Å². The first kappa shape index (κ1) is 10.1. The largest absolute Gasteiger partial charge is 0.348 e. The van der Waals surface area contributed by atoms with Gasteiger partial charge >= 0.3 is 0 Å². The van der Waals surface area contributed by atoms with Gasteiger partial charge in [0.2, 0.25) is 0 Å². The molecule has 0 saturated heterocycles. The van der Waals surface area contributed by atoms with Crippen LogP contribution >= 0.6 is 11.6 Å². The van der Waals surface area contributed by atoms with Crippen molar-refractivity contribution in [1.29, 1.82) is 0 Å². The molecule has 0 aliphatic heterocycles. The smallest absolute Gasteiger partial charge is 0.136 e. The van der Waals surface area contributed by atoms with Gasteiger partial charge in [0.05, 0.1) is 0 Å². The van der Waals surface area contributed by atoms with Crippen LogP contribution in [0.3, 0.4) is 0 Å². The van der Waals surface area contributed by atoms with E-state index in [4.69, 9.17) is 11.6 Å². The Balaban J connectivity index is 2.29. The summed E-state index contributed by atoms with van der Waals surface area (Å²) in [6.07, 6.45) is 3.56. The predicted molar refractivity (Wildman–Crippen MR) is 60.4 cm³/mol. The molecule has 1 heterocycles. The predicted octanol–water partition coefficient (Wildman–Crippen LogP) is 2.07. The second kappa shape index (κ2) is 4.43. The number of benzene rings is 1. The zero-order valence-corrected chi connectivity index (χ0v) is 8.98. The van der Waals surface area contributed by atoms with Crippen molar-refractivity contribution in [3.05, 3.63) is 64.9 Å². The molecule has 2 rings (SSSR count). The highest BCUT2D eigenvalue weighted by Crippen LogP contribution is 2.18. The lowest BCUT2D eigenvalue weighted by molar-refractivity contribution is -0.411. The fraction of sp³-hybridized carbons (Fsp3) is 0.0833. The van der Waals surface area contributed by atoms with Gasteiger partial charge in [0, 0.05) is 28.5 Å². The van der Waals surface area contributed by atoms with Gasteiger partial charge in [0.15, 0.2) is 0 Å². The van der Waals surface area contributed by atoms with Gasteiger partial charge in [-0.1, -0.05) is 23.7 Å². The Morgan fingerprint density at radius 1 is 0.933 bits per heavy atom. The number of quaternary nitrogens is 1. The molecule has 0 amide bonds. The molecule has 0 bridgehead atoms. The summed E-state index contributed by atoms with van der Waals surface area (Å²) >= 11 is 5.83. The first-order valence-electron chi connectivity index (χ1n) is 4.76. The van der Waals surface area contributed by atoms with E-state index >= 15 is 0 Å². The van der Waals surface area contributed by atoms with Gasteiger partial charge in [0.1, 0.15) is 6.04 Å². The zero-order valence-electron chi connectivity index (χ0n) is 8.23. The topological polar surface area (TPSA) is 40.5 Å². The summed E-state index contributed by atoms with van der Waals surface area (Å²) in [5.41, 5.74) is 6.45. The van der Waals surface area contributed by atoms with Crippen LogP contribution in [0.5, 0.6) is 0 Å². The first-order valence-corrected chi connectivity index (χ1v) is 5.13. The summed E-state index contributed by atoms with van der Waals surface area (Å²) < 4.78 is 0. The van der Waals surface area contributed by atoms with E-state index < -0.39 is 0 Å². The second-order valence-corrected chi connectivity index (χ2v) is 3.82. The highest BCUT2D eigenvalue weighted by molar-refractivity contribution is 6.30. The summed E-state index contributed by atoms with van der Waals surface area (Å²) in [7, 11) is 0. The number of hydrogen-bond acceptors (Lipinski definition) is 1. The third kappa shape index (κ3) is 2.35. The third-order valence-electron chi connectivity index (χ3n) is 2.38. The summed E-state index contributed by atoms with van der Waals surface area (Å²) in [5, 5.41) is 0.751. The normalized spacial score (nSPS) is 12.4. The van der Waals surface area contributed by atoms with Crippen LogP contribution < -0.4 is 5.73 Å². The minimum atomic E-state index is 0.130. The van der Waals surface area contributed by atoms with Crippen LogP contribution in [0.2, 0.25) is 5.02 Å². The zero-order chi connectivity index (χ0) is 10.7. The number of pyridine rings is 1. The van der Waals surface area contributed by atoms with Gasteiger partial charge in [-0.15, -0.1) is 0 Å². The first-order chi connectivity index (χ1) is 7.27. The van der Waals surface area contributed by atoms with Crippen LogP contribution in [0.25, 0.3) is 0 Å². The van der Waals surface area contributed by atoms with Gasteiger partial charge in [-0.25, -0.2) is 0 Å². The van der Waals surface area contributed by atoms with E-state index in [1.54, 1.807) is 12.4 Å². The summed E-state index contributed by atoms with van der Waals surface area (Å²) in [4.78, 5) is 3.99. The van der Waals surface area contributed by atoms with Crippen molar-refractivity contribution in [2.24, 2.45) is 0 Å². The van der Waals surface area contributed by atoms with Crippen molar-refractivity contribution in [2.75, 3.05) is 0 Å². The highest BCUT2D eigenvalue weighted by Gasteiger charge is 2.11. The number of rotatable bonds is 2. The second-order valence-electron chi connectivity index (χ2n) is 3.38. The van der Waals surface area contributed by atoms with Crippen molar-refractivity contribution >= 4 is 11.6 Å². The molecule has 0 saturated carbocycles. The lowest BCUT2D eigenvalue weighted by atomic mass is 10.0. The Kier molecular flexibility index (Phi) is 2.99. The van der Waals surface area contributed by atoms with Gasteiger partial charge in [0.25, 0.3) is 0 Å². The lowest BCUT2D eigenvalue weighted by Gasteiger charge is -2.08.